The van der Waals surface area contributed by atoms with Gasteiger partial charge in [-0.25, -0.2) is 4.79 Å². The molecule has 3 rings (SSSR count). The number of anilines is 1. The van der Waals surface area contributed by atoms with Gasteiger partial charge in [0.15, 0.2) is 0 Å². The average Bonchev–Trinajstić information content (AvgIpc) is 2.86. The van der Waals surface area contributed by atoms with Crippen molar-refractivity contribution in [2.45, 2.75) is 63.2 Å². The van der Waals surface area contributed by atoms with Crippen molar-refractivity contribution < 1.29 is 9.59 Å². The van der Waals surface area contributed by atoms with Crippen molar-refractivity contribution in [1.82, 2.24) is 16.0 Å². The van der Waals surface area contributed by atoms with E-state index in [0.29, 0.717) is 17.8 Å². The summed E-state index contributed by atoms with van der Waals surface area (Å²) in [5.74, 6) is -0.142. The lowest BCUT2D eigenvalue weighted by atomic mass is 9.97. The zero-order chi connectivity index (χ0) is 17.2. The van der Waals surface area contributed by atoms with Gasteiger partial charge in [-0.15, -0.1) is 12.4 Å². The molecule has 2 saturated heterocycles. The monoisotopic (exact) mass is 366 g/mol. The Labute approximate surface area is 154 Å². The molecule has 3 amide bonds. The second-order valence-electron chi connectivity index (χ2n) is 7.35. The van der Waals surface area contributed by atoms with Gasteiger partial charge in [0.2, 0.25) is 5.91 Å². The van der Waals surface area contributed by atoms with Gasteiger partial charge < -0.3 is 21.3 Å². The molecule has 0 aromatic heterocycles. The number of carbonyl (C=O) groups excluding carboxylic acids is 2. The summed E-state index contributed by atoms with van der Waals surface area (Å²) in [5.41, 5.74) is -0.274. The van der Waals surface area contributed by atoms with E-state index in [1.807, 2.05) is 18.2 Å². The highest BCUT2D eigenvalue weighted by Crippen LogP contribution is 2.27. The van der Waals surface area contributed by atoms with Crippen LogP contribution in [0.4, 0.5) is 10.5 Å². The summed E-state index contributed by atoms with van der Waals surface area (Å²) in [4.78, 5) is 24.7. The third-order valence-electron chi connectivity index (χ3n) is 4.83. The van der Waals surface area contributed by atoms with Crippen LogP contribution in [0.1, 0.15) is 39.5 Å². The Morgan fingerprint density at radius 3 is 2.28 bits per heavy atom. The molecule has 0 radical (unpaired) electrons. The molecule has 2 bridgehead atoms. The fourth-order valence-corrected chi connectivity index (χ4v) is 3.57. The number of rotatable bonds is 4. The number of amides is 3. The molecule has 0 saturated carbocycles. The van der Waals surface area contributed by atoms with E-state index in [2.05, 4.69) is 21.3 Å². The molecule has 0 aliphatic carbocycles. The van der Waals surface area contributed by atoms with Crippen LogP contribution >= 0.6 is 12.4 Å². The van der Waals surface area contributed by atoms with Gasteiger partial charge in [-0.3, -0.25) is 4.79 Å². The Morgan fingerprint density at radius 1 is 1.08 bits per heavy atom. The van der Waals surface area contributed by atoms with Gasteiger partial charge in [0.25, 0.3) is 0 Å². The molecular weight excluding hydrogens is 340 g/mol. The minimum atomic E-state index is -0.969. The van der Waals surface area contributed by atoms with E-state index in [9.17, 15) is 9.59 Å². The summed E-state index contributed by atoms with van der Waals surface area (Å²) >= 11 is 0. The van der Waals surface area contributed by atoms with Crippen molar-refractivity contribution in [2.24, 2.45) is 0 Å². The second-order valence-corrected chi connectivity index (χ2v) is 7.35. The predicted molar refractivity (Wildman–Crippen MR) is 101 cm³/mol. The summed E-state index contributed by atoms with van der Waals surface area (Å²) in [6.07, 6.45) is 4.32. The van der Waals surface area contributed by atoms with Gasteiger partial charge in [-0.2, -0.15) is 0 Å². The summed E-state index contributed by atoms with van der Waals surface area (Å²) in [7, 11) is 0. The minimum Gasteiger partial charge on any atom is -0.351 e. The summed E-state index contributed by atoms with van der Waals surface area (Å²) < 4.78 is 0. The SMILES string of the molecule is CC(C)(NC(=O)Nc1ccccc1)C(=O)NC1CC2CCC(C1)N2.Cl. The molecule has 1 aromatic carbocycles. The normalized spacial score (nSPS) is 24.8. The Morgan fingerprint density at radius 2 is 1.68 bits per heavy atom. The minimum absolute atomic E-state index is 0. The highest BCUT2D eigenvalue weighted by atomic mass is 35.5. The first-order chi connectivity index (χ1) is 11.4. The molecule has 2 aliphatic heterocycles. The van der Waals surface area contributed by atoms with Gasteiger partial charge in [0.05, 0.1) is 0 Å². The zero-order valence-electron chi connectivity index (χ0n) is 14.7. The topological polar surface area (TPSA) is 82.3 Å². The molecule has 4 N–H and O–H groups in total. The summed E-state index contributed by atoms with van der Waals surface area (Å²) in [5, 5.41) is 12.2. The highest BCUT2D eigenvalue weighted by molar-refractivity contribution is 5.95. The van der Waals surface area contributed by atoms with Gasteiger partial charge in [0, 0.05) is 23.8 Å². The Balaban J connectivity index is 0.00000225. The Hall–Kier alpha value is -1.79. The molecule has 25 heavy (non-hydrogen) atoms. The number of urea groups is 1. The van der Waals surface area contributed by atoms with Gasteiger partial charge in [-0.1, -0.05) is 18.2 Å². The van der Waals surface area contributed by atoms with Crippen LogP contribution in [0.5, 0.6) is 0 Å². The third-order valence-corrected chi connectivity index (χ3v) is 4.83. The molecule has 1 aromatic rings. The number of para-hydroxylation sites is 1. The molecule has 2 heterocycles. The maximum Gasteiger partial charge on any atom is 0.320 e. The Bertz CT molecular complexity index is 596. The Kier molecular flexibility index (Phi) is 6.30. The molecule has 2 atom stereocenters. The van der Waals surface area contributed by atoms with Gasteiger partial charge >= 0.3 is 6.03 Å². The number of halogens is 1. The van der Waals surface area contributed by atoms with E-state index >= 15 is 0 Å². The number of hydrogen-bond donors (Lipinski definition) is 4. The van der Waals surface area contributed by atoms with E-state index in [1.54, 1.807) is 26.0 Å². The third kappa shape index (κ3) is 5.09. The average molecular weight is 367 g/mol. The molecule has 2 aliphatic rings. The lowest BCUT2D eigenvalue weighted by molar-refractivity contribution is -0.127. The second kappa shape index (κ2) is 8.06. The van der Waals surface area contributed by atoms with E-state index in [-0.39, 0.29) is 30.4 Å². The fraction of sp³-hybridized carbons (Fsp3) is 0.556. The molecule has 2 fully saturated rings. The van der Waals surface area contributed by atoms with Crippen LogP contribution in [0.3, 0.4) is 0 Å². The lowest BCUT2D eigenvalue weighted by Crippen LogP contribution is -2.59. The number of nitrogens with one attached hydrogen (secondary N) is 4. The van der Waals surface area contributed by atoms with Crippen LogP contribution in [0, 0.1) is 0 Å². The molecule has 2 unspecified atom stereocenters. The first kappa shape index (κ1) is 19.5. The number of benzene rings is 1. The first-order valence-corrected chi connectivity index (χ1v) is 8.63. The van der Waals surface area contributed by atoms with Crippen molar-refractivity contribution in [3.05, 3.63) is 30.3 Å². The van der Waals surface area contributed by atoms with Crippen molar-refractivity contribution in [3.8, 4) is 0 Å². The number of carbonyl (C=O) groups is 2. The maximum absolute atomic E-state index is 12.6. The van der Waals surface area contributed by atoms with Crippen LogP contribution in [0.2, 0.25) is 0 Å². The quantitative estimate of drug-likeness (QED) is 0.660. The van der Waals surface area contributed by atoms with Crippen LogP contribution in [0.25, 0.3) is 0 Å². The van der Waals surface area contributed by atoms with Crippen LogP contribution < -0.4 is 21.3 Å². The molecule has 6 nitrogen and oxygen atoms in total. The van der Waals surface area contributed by atoms with E-state index in [1.165, 1.54) is 12.8 Å². The van der Waals surface area contributed by atoms with Crippen molar-refractivity contribution >= 4 is 30.0 Å². The standard InChI is InChI=1S/C18H26N4O2.ClH/c1-18(2,22-17(24)21-12-6-4-3-5-7-12)16(23)20-15-10-13-8-9-14(11-15)19-13;/h3-7,13-15,19H,8-11H2,1-2H3,(H,20,23)(H2,21,22,24);1H. The fourth-order valence-electron chi connectivity index (χ4n) is 3.57. The number of piperidine rings is 1. The van der Waals surface area contributed by atoms with Crippen LogP contribution in [-0.4, -0.2) is 35.6 Å². The molecule has 0 spiro atoms. The zero-order valence-corrected chi connectivity index (χ0v) is 15.5. The number of fused-ring (bicyclic) bond motifs is 2. The largest absolute Gasteiger partial charge is 0.351 e. The molecule has 7 heteroatoms. The van der Waals surface area contributed by atoms with Gasteiger partial charge in [0.1, 0.15) is 5.54 Å². The highest BCUT2D eigenvalue weighted by Gasteiger charge is 2.37. The van der Waals surface area contributed by atoms with Crippen molar-refractivity contribution in [3.63, 3.8) is 0 Å². The molecular formula is C18H27ClN4O2. The first-order valence-electron chi connectivity index (χ1n) is 8.63. The maximum atomic E-state index is 12.6. The predicted octanol–water partition coefficient (Wildman–Crippen LogP) is 2.41. The van der Waals surface area contributed by atoms with Gasteiger partial charge in [-0.05, 0) is 51.7 Å². The van der Waals surface area contributed by atoms with E-state index < -0.39 is 5.54 Å². The van der Waals surface area contributed by atoms with Crippen LogP contribution in [-0.2, 0) is 4.79 Å². The molecule has 138 valence electrons. The van der Waals surface area contributed by atoms with Crippen LogP contribution in [0.15, 0.2) is 30.3 Å². The summed E-state index contributed by atoms with van der Waals surface area (Å²) in [6.45, 7) is 3.45. The van der Waals surface area contributed by atoms with Crippen molar-refractivity contribution in [2.75, 3.05) is 5.32 Å². The summed E-state index contributed by atoms with van der Waals surface area (Å²) in [6, 6.07) is 10.0. The van der Waals surface area contributed by atoms with Crippen molar-refractivity contribution in [1.29, 1.82) is 0 Å². The van der Waals surface area contributed by atoms with E-state index in [0.717, 1.165) is 12.8 Å². The smallest absolute Gasteiger partial charge is 0.320 e. The lowest BCUT2D eigenvalue weighted by Gasteiger charge is -2.33. The number of hydrogen-bond acceptors (Lipinski definition) is 3. The van der Waals surface area contributed by atoms with E-state index in [4.69, 9.17) is 0 Å².